The summed E-state index contributed by atoms with van der Waals surface area (Å²) in [7, 11) is 0. The van der Waals surface area contributed by atoms with Crippen LogP contribution < -0.4 is 5.32 Å². The van der Waals surface area contributed by atoms with Crippen molar-refractivity contribution in [3.8, 4) is 6.07 Å². The van der Waals surface area contributed by atoms with Crippen molar-refractivity contribution in [2.45, 2.75) is 19.6 Å². The number of rotatable bonds is 3. The molecule has 20 heavy (non-hydrogen) atoms. The van der Waals surface area contributed by atoms with Gasteiger partial charge in [0.1, 0.15) is 0 Å². The second-order valence-electron chi connectivity index (χ2n) is 4.08. The van der Waals surface area contributed by atoms with Crippen LogP contribution in [-0.2, 0) is 12.7 Å². The first-order chi connectivity index (χ1) is 9.41. The molecule has 0 aliphatic rings. The maximum absolute atomic E-state index is 12.7. The lowest BCUT2D eigenvalue weighted by Gasteiger charge is -2.11. The molecule has 0 bridgehead atoms. The Labute approximate surface area is 117 Å². The van der Waals surface area contributed by atoms with Crippen LogP contribution >= 0.6 is 11.3 Å². The summed E-state index contributed by atoms with van der Waals surface area (Å²) in [4.78, 5) is 5.09. The zero-order valence-corrected chi connectivity index (χ0v) is 11.3. The molecular formula is C13H10F3N3S. The summed E-state index contributed by atoms with van der Waals surface area (Å²) in [5.41, 5.74) is 1.76. The van der Waals surface area contributed by atoms with Gasteiger partial charge in [-0.1, -0.05) is 0 Å². The fourth-order valence-electron chi connectivity index (χ4n) is 1.67. The fraction of sp³-hybridized carbons (Fsp3) is 0.231. The molecule has 0 unspecified atom stereocenters. The Kier molecular flexibility index (Phi) is 3.95. The summed E-state index contributed by atoms with van der Waals surface area (Å²) in [6, 6.07) is 5.02. The largest absolute Gasteiger partial charge is 0.417 e. The van der Waals surface area contributed by atoms with E-state index in [1.165, 1.54) is 23.5 Å². The molecule has 3 nitrogen and oxygen atoms in total. The normalized spacial score (nSPS) is 11.2. The van der Waals surface area contributed by atoms with Crippen molar-refractivity contribution in [3.63, 3.8) is 0 Å². The van der Waals surface area contributed by atoms with E-state index in [1.54, 1.807) is 11.6 Å². The number of nitrogens with zero attached hydrogens (tertiary/aromatic N) is 2. The Bertz CT molecular complexity index is 656. The second-order valence-corrected chi connectivity index (χ2v) is 5.02. The fourth-order valence-corrected chi connectivity index (χ4v) is 2.39. The summed E-state index contributed by atoms with van der Waals surface area (Å²) in [6.45, 7) is 2.33. The van der Waals surface area contributed by atoms with E-state index in [2.05, 4.69) is 10.3 Å². The molecule has 0 aliphatic heterocycles. The van der Waals surface area contributed by atoms with E-state index in [-0.39, 0.29) is 5.56 Å². The van der Waals surface area contributed by atoms with Gasteiger partial charge in [0.15, 0.2) is 0 Å². The van der Waals surface area contributed by atoms with E-state index in [9.17, 15) is 13.2 Å². The first kappa shape index (κ1) is 14.3. The van der Waals surface area contributed by atoms with E-state index >= 15 is 0 Å². The van der Waals surface area contributed by atoms with Gasteiger partial charge in [0, 0.05) is 10.6 Å². The molecule has 1 aromatic heterocycles. The Balaban J connectivity index is 2.19. The van der Waals surface area contributed by atoms with Crippen molar-refractivity contribution < 1.29 is 13.2 Å². The van der Waals surface area contributed by atoms with Gasteiger partial charge < -0.3 is 5.32 Å². The number of aromatic nitrogens is 1. The third kappa shape index (κ3) is 3.08. The van der Waals surface area contributed by atoms with Gasteiger partial charge in [-0.25, -0.2) is 4.98 Å². The van der Waals surface area contributed by atoms with Gasteiger partial charge in [0.2, 0.25) is 0 Å². The average Bonchev–Trinajstić information content (AvgIpc) is 2.80. The van der Waals surface area contributed by atoms with Crippen molar-refractivity contribution in [2.24, 2.45) is 0 Å². The number of hydrogen-bond donors (Lipinski definition) is 1. The molecule has 1 aromatic carbocycles. The number of hydrogen-bond acceptors (Lipinski definition) is 4. The monoisotopic (exact) mass is 297 g/mol. The average molecular weight is 297 g/mol. The van der Waals surface area contributed by atoms with Gasteiger partial charge >= 0.3 is 6.18 Å². The third-order valence-corrected chi connectivity index (χ3v) is 3.68. The first-order valence-electron chi connectivity index (χ1n) is 5.66. The van der Waals surface area contributed by atoms with Gasteiger partial charge in [-0.05, 0) is 25.1 Å². The van der Waals surface area contributed by atoms with Gasteiger partial charge in [0.05, 0.1) is 34.9 Å². The molecule has 2 aromatic rings. The Morgan fingerprint density at radius 3 is 2.70 bits per heavy atom. The lowest BCUT2D eigenvalue weighted by atomic mass is 10.1. The van der Waals surface area contributed by atoms with Gasteiger partial charge in [0.25, 0.3) is 0 Å². The Hall–Kier alpha value is -2.07. The third-order valence-electron chi connectivity index (χ3n) is 2.74. The highest BCUT2D eigenvalue weighted by molar-refractivity contribution is 7.09. The van der Waals surface area contributed by atoms with Crippen LogP contribution in [0.3, 0.4) is 0 Å². The van der Waals surface area contributed by atoms with Crippen LogP contribution in [-0.4, -0.2) is 4.98 Å². The second kappa shape index (κ2) is 5.51. The van der Waals surface area contributed by atoms with Gasteiger partial charge in [-0.2, -0.15) is 18.4 Å². The summed E-state index contributed by atoms with van der Waals surface area (Å²) in [5.74, 6) is 0. The minimum Gasteiger partial charge on any atom is -0.380 e. The van der Waals surface area contributed by atoms with E-state index in [4.69, 9.17) is 5.26 Å². The van der Waals surface area contributed by atoms with Crippen LogP contribution in [0.1, 0.15) is 21.7 Å². The zero-order chi connectivity index (χ0) is 14.8. The van der Waals surface area contributed by atoms with Gasteiger partial charge in [-0.3, -0.25) is 0 Å². The SMILES string of the molecule is Cc1ncsc1CNc1ccc(C(F)(F)F)c(C#N)c1. The standard InChI is InChI=1S/C13H10F3N3S/c1-8-12(20-7-19-8)6-18-10-2-3-11(13(14,15)16)9(4-10)5-17/h2-4,7,18H,6H2,1H3. The van der Waals surface area contributed by atoms with E-state index < -0.39 is 11.7 Å². The molecule has 0 aliphatic carbocycles. The Morgan fingerprint density at radius 2 is 2.15 bits per heavy atom. The first-order valence-corrected chi connectivity index (χ1v) is 6.54. The lowest BCUT2D eigenvalue weighted by Crippen LogP contribution is -2.08. The molecule has 0 amide bonds. The predicted octanol–water partition coefficient (Wildman–Crippen LogP) is 3.95. The highest BCUT2D eigenvalue weighted by atomic mass is 32.1. The molecule has 2 rings (SSSR count). The number of aryl methyl sites for hydroxylation is 1. The van der Waals surface area contributed by atoms with Crippen molar-refractivity contribution in [3.05, 3.63) is 45.4 Å². The highest BCUT2D eigenvalue weighted by Crippen LogP contribution is 2.33. The molecule has 104 valence electrons. The minimum absolute atomic E-state index is 0.386. The molecule has 0 radical (unpaired) electrons. The lowest BCUT2D eigenvalue weighted by molar-refractivity contribution is -0.137. The number of alkyl halides is 3. The molecule has 1 heterocycles. The number of thiazole rings is 1. The van der Waals surface area contributed by atoms with Crippen LogP contribution in [0.2, 0.25) is 0 Å². The van der Waals surface area contributed by atoms with Gasteiger partial charge in [-0.15, -0.1) is 11.3 Å². The number of benzene rings is 1. The summed E-state index contributed by atoms with van der Waals surface area (Å²) < 4.78 is 38.0. The molecule has 0 saturated heterocycles. The van der Waals surface area contributed by atoms with Crippen molar-refractivity contribution in [1.29, 1.82) is 5.26 Å². The Morgan fingerprint density at radius 1 is 1.40 bits per heavy atom. The van der Waals surface area contributed by atoms with E-state index in [0.717, 1.165) is 16.6 Å². The van der Waals surface area contributed by atoms with Crippen molar-refractivity contribution in [2.75, 3.05) is 5.32 Å². The molecule has 0 atom stereocenters. The number of anilines is 1. The molecule has 0 fully saturated rings. The van der Waals surface area contributed by atoms with E-state index in [1.807, 2.05) is 6.92 Å². The molecule has 0 spiro atoms. The molecule has 0 saturated carbocycles. The van der Waals surface area contributed by atoms with Crippen molar-refractivity contribution in [1.82, 2.24) is 4.98 Å². The van der Waals surface area contributed by atoms with E-state index in [0.29, 0.717) is 12.2 Å². The number of nitriles is 1. The zero-order valence-electron chi connectivity index (χ0n) is 10.5. The molecule has 1 N–H and O–H groups in total. The summed E-state index contributed by atoms with van der Waals surface area (Å²) >= 11 is 1.47. The highest BCUT2D eigenvalue weighted by Gasteiger charge is 2.33. The number of nitrogens with one attached hydrogen (secondary N) is 1. The van der Waals surface area contributed by atoms with Crippen LogP contribution in [0.25, 0.3) is 0 Å². The maximum atomic E-state index is 12.7. The molecular weight excluding hydrogens is 287 g/mol. The summed E-state index contributed by atoms with van der Waals surface area (Å²) in [6.07, 6.45) is -4.52. The van der Waals surface area contributed by atoms with Crippen molar-refractivity contribution >= 4 is 17.0 Å². The van der Waals surface area contributed by atoms with Crippen LogP contribution in [0.5, 0.6) is 0 Å². The number of halogens is 3. The van der Waals surface area contributed by atoms with Crippen LogP contribution in [0.15, 0.2) is 23.7 Å². The molecule has 7 heteroatoms. The summed E-state index contributed by atoms with van der Waals surface area (Å²) in [5, 5.41) is 11.8. The smallest absolute Gasteiger partial charge is 0.380 e. The van der Waals surface area contributed by atoms with Crippen LogP contribution in [0.4, 0.5) is 18.9 Å². The minimum atomic E-state index is -4.52. The topological polar surface area (TPSA) is 48.7 Å². The maximum Gasteiger partial charge on any atom is 0.417 e. The predicted molar refractivity (Wildman–Crippen MR) is 70.3 cm³/mol. The van der Waals surface area contributed by atoms with Crippen LogP contribution in [0, 0.1) is 18.3 Å². The quantitative estimate of drug-likeness (QED) is 0.933.